The van der Waals surface area contributed by atoms with Crippen LogP contribution in [0.25, 0.3) is 11.0 Å². The van der Waals surface area contributed by atoms with Crippen molar-refractivity contribution in [2.45, 2.75) is 6.10 Å². The standard InChI is InChI=1S/C17H15N7O3/c18-8-15-16(20-4-3-19-15)21-9-12-10-24(5-6-26-12)17(25)11-1-2-13-14(7-11)23-27-22-13/h1-4,7,12H,5-6,9-10H2,(H,20,21). The Morgan fingerprint density at radius 2 is 2.15 bits per heavy atom. The van der Waals surface area contributed by atoms with Crippen molar-refractivity contribution in [3.05, 3.63) is 41.9 Å². The number of anilines is 1. The molecule has 1 aliphatic rings. The van der Waals surface area contributed by atoms with E-state index in [0.29, 0.717) is 48.7 Å². The number of rotatable bonds is 4. The predicted molar refractivity (Wildman–Crippen MR) is 92.7 cm³/mol. The summed E-state index contributed by atoms with van der Waals surface area (Å²) in [6.45, 7) is 1.75. The lowest BCUT2D eigenvalue weighted by molar-refractivity contribution is -0.0149. The summed E-state index contributed by atoms with van der Waals surface area (Å²) in [6.07, 6.45) is 2.74. The zero-order valence-corrected chi connectivity index (χ0v) is 14.2. The average molecular weight is 365 g/mol. The van der Waals surface area contributed by atoms with Crippen LogP contribution in [0.2, 0.25) is 0 Å². The normalized spacial score (nSPS) is 16.9. The van der Waals surface area contributed by atoms with Crippen LogP contribution in [0.4, 0.5) is 5.82 Å². The van der Waals surface area contributed by atoms with Crippen molar-refractivity contribution in [3.63, 3.8) is 0 Å². The van der Waals surface area contributed by atoms with Crippen LogP contribution in [0.1, 0.15) is 16.1 Å². The quantitative estimate of drug-likeness (QED) is 0.714. The molecule has 0 bridgehead atoms. The van der Waals surface area contributed by atoms with Gasteiger partial charge in [0.2, 0.25) is 0 Å². The highest BCUT2D eigenvalue weighted by molar-refractivity contribution is 5.97. The third kappa shape index (κ3) is 3.54. The van der Waals surface area contributed by atoms with Crippen LogP contribution in [0.5, 0.6) is 0 Å². The monoisotopic (exact) mass is 365 g/mol. The van der Waals surface area contributed by atoms with Gasteiger partial charge in [0.15, 0.2) is 11.5 Å². The van der Waals surface area contributed by atoms with Crippen LogP contribution in [0.15, 0.2) is 35.2 Å². The molecule has 1 fully saturated rings. The van der Waals surface area contributed by atoms with Gasteiger partial charge in [-0.3, -0.25) is 4.79 Å². The Morgan fingerprint density at radius 3 is 3.04 bits per heavy atom. The summed E-state index contributed by atoms with van der Waals surface area (Å²) in [5, 5.41) is 19.6. The summed E-state index contributed by atoms with van der Waals surface area (Å²) in [5.74, 6) is 0.293. The topological polar surface area (TPSA) is 130 Å². The highest BCUT2D eigenvalue weighted by Crippen LogP contribution is 2.16. The van der Waals surface area contributed by atoms with Gasteiger partial charge in [-0.05, 0) is 28.5 Å². The number of carbonyl (C=O) groups excluding carboxylic acids is 1. The number of benzene rings is 1. The van der Waals surface area contributed by atoms with Crippen molar-refractivity contribution in [2.24, 2.45) is 0 Å². The van der Waals surface area contributed by atoms with Crippen molar-refractivity contribution in [1.82, 2.24) is 25.2 Å². The molecule has 27 heavy (non-hydrogen) atoms. The number of nitrogens with one attached hydrogen (secondary N) is 1. The average Bonchev–Trinajstić information content (AvgIpc) is 3.20. The van der Waals surface area contributed by atoms with Crippen LogP contribution in [0.3, 0.4) is 0 Å². The molecule has 1 unspecified atom stereocenters. The van der Waals surface area contributed by atoms with Gasteiger partial charge in [-0.2, -0.15) is 5.26 Å². The van der Waals surface area contributed by atoms with Crippen LogP contribution in [0, 0.1) is 11.3 Å². The summed E-state index contributed by atoms with van der Waals surface area (Å²) >= 11 is 0. The first kappa shape index (κ1) is 16.9. The van der Waals surface area contributed by atoms with Crippen molar-refractivity contribution in [2.75, 3.05) is 31.6 Å². The number of amides is 1. The maximum absolute atomic E-state index is 12.8. The van der Waals surface area contributed by atoms with Gasteiger partial charge in [0, 0.05) is 37.6 Å². The molecule has 136 valence electrons. The van der Waals surface area contributed by atoms with E-state index in [1.54, 1.807) is 23.1 Å². The molecule has 1 aromatic carbocycles. The van der Waals surface area contributed by atoms with Crippen molar-refractivity contribution >= 4 is 22.8 Å². The smallest absolute Gasteiger partial charge is 0.254 e. The maximum Gasteiger partial charge on any atom is 0.254 e. The molecule has 1 N–H and O–H groups in total. The number of nitrogens with zero attached hydrogens (tertiary/aromatic N) is 6. The van der Waals surface area contributed by atoms with E-state index >= 15 is 0 Å². The second-order valence-corrected chi connectivity index (χ2v) is 5.96. The lowest BCUT2D eigenvalue weighted by Crippen LogP contribution is -2.48. The Hall–Kier alpha value is -3.58. The van der Waals surface area contributed by atoms with Gasteiger partial charge in [-0.1, -0.05) is 0 Å². The van der Waals surface area contributed by atoms with E-state index in [2.05, 4.69) is 30.2 Å². The Bertz CT molecular complexity index is 1010. The molecule has 4 rings (SSSR count). The first-order chi connectivity index (χ1) is 13.2. The SMILES string of the molecule is N#Cc1nccnc1NCC1CN(C(=O)c2ccc3nonc3c2)CCO1. The zero-order valence-electron chi connectivity index (χ0n) is 14.2. The number of morpholine rings is 1. The highest BCUT2D eigenvalue weighted by Gasteiger charge is 2.25. The Labute approximate surface area is 153 Å². The molecule has 0 spiro atoms. The molecule has 1 atom stereocenters. The molecular weight excluding hydrogens is 350 g/mol. The lowest BCUT2D eigenvalue weighted by atomic mass is 10.1. The van der Waals surface area contributed by atoms with Crippen molar-refractivity contribution < 1.29 is 14.2 Å². The number of aromatic nitrogens is 4. The Kier molecular flexibility index (Phi) is 4.59. The number of ether oxygens (including phenoxy) is 1. The van der Waals surface area contributed by atoms with Crippen LogP contribution >= 0.6 is 0 Å². The first-order valence-electron chi connectivity index (χ1n) is 8.33. The number of carbonyl (C=O) groups is 1. The van der Waals surface area contributed by atoms with Crippen LogP contribution in [-0.2, 0) is 4.74 Å². The van der Waals surface area contributed by atoms with Crippen molar-refractivity contribution in [3.8, 4) is 6.07 Å². The fraction of sp³-hybridized carbons (Fsp3) is 0.294. The number of hydrogen-bond donors (Lipinski definition) is 1. The number of hydrogen-bond acceptors (Lipinski definition) is 9. The molecular formula is C17H15N7O3. The molecule has 10 heteroatoms. The lowest BCUT2D eigenvalue weighted by Gasteiger charge is -2.33. The maximum atomic E-state index is 12.8. The minimum absolute atomic E-state index is 0.106. The Balaban J connectivity index is 1.41. The number of nitriles is 1. The van der Waals surface area contributed by atoms with E-state index in [-0.39, 0.29) is 17.7 Å². The van der Waals surface area contributed by atoms with E-state index in [1.807, 2.05) is 6.07 Å². The number of fused-ring (bicyclic) bond motifs is 1. The van der Waals surface area contributed by atoms with Gasteiger partial charge >= 0.3 is 0 Å². The molecule has 3 aromatic rings. The largest absolute Gasteiger partial charge is 0.373 e. The van der Waals surface area contributed by atoms with Gasteiger partial charge in [0.05, 0.1) is 12.7 Å². The third-order valence-electron chi connectivity index (χ3n) is 4.23. The molecule has 0 aliphatic carbocycles. The van der Waals surface area contributed by atoms with Gasteiger partial charge in [-0.15, -0.1) is 0 Å². The molecule has 1 saturated heterocycles. The fourth-order valence-corrected chi connectivity index (χ4v) is 2.88. The van der Waals surface area contributed by atoms with Gasteiger partial charge in [-0.25, -0.2) is 14.6 Å². The van der Waals surface area contributed by atoms with Crippen LogP contribution < -0.4 is 5.32 Å². The minimum Gasteiger partial charge on any atom is -0.373 e. The minimum atomic E-state index is -0.228. The second-order valence-electron chi connectivity index (χ2n) is 5.96. The fourth-order valence-electron chi connectivity index (χ4n) is 2.88. The van der Waals surface area contributed by atoms with E-state index in [4.69, 9.17) is 10.00 Å². The van der Waals surface area contributed by atoms with E-state index in [1.165, 1.54) is 12.4 Å². The summed E-state index contributed by atoms with van der Waals surface area (Å²) in [4.78, 5) is 22.6. The molecule has 1 aliphatic heterocycles. The first-order valence-corrected chi connectivity index (χ1v) is 8.33. The molecule has 1 amide bonds. The van der Waals surface area contributed by atoms with Gasteiger partial charge in [0.1, 0.15) is 17.1 Å². The van der Waals surface area contributed by atoms with Gasteiger partial charge in [0.25, 0.3) is 5.91 Å². The Morgan fingerprint density at radius 1 is 1.30 bits per heavy atom. The van der Waals surface area contributed by atoms with Gasteiger partial charge < -0.3 is 15.0 Å². The van der Waals surface area contributed by atoms with Crippen molar-refractivity contribution in [1.29, 1.82) is 5.26 Å². The van der Waals surface area contributed by atoms with E-state index in [9.17, 15) is 4.79 Å². The third-order valence-corrected chi connectivity index (χ3v) is 4.23. The molecule has 10 nitrogen and oxygen atoms in total. The van der Waals surface area contributed by atoms with E-state index in [0.717, 1.165) is 0 Å². The molecule has 3 heterocycles. The highest BCUT2D eigenvalue weighted by atomic mass is 16.6. The predicted octanol–water partition coefficient (Wildman–Crippen LogP) is 0.838. The molecule has 0 saturated carbocycles. The summed E-state index contributed by atoms with van der Waals surface area (Å²) in [6, 6.07) is 7.06. The second kappa shape index (κ2) is 7.35. The van der Waals surface area contributed by atoms with E-state index < -0.39 is 0 Å². The zero-order chi connectivity index (χ0) is 18.6. The summed E-state index contributed by atoms with van der Waals surface area (Å²) in [7, 11) is 0. The molecule has 2 aromatic heterocycles. The molecule has 0 radical (unpaired) electrons. The van der Waals surface area contributed by atoms with Crippen LogP contribution in [-0.4, -0.2) is 63.4 Å². The summed E-state index contributed by atoms with van der Waals surface area (Å²) < 4.78 is 10.4. The summed E-state index contributed by atoms with van der Waals surface area (Å²) in [5.41, 5.74) is 1.88.